The van der Waals surface area contributed by atoms with Crippen LogP contribution < -0.4 is 11.1 Å². The summed E-state index contributed by atoms with van der Waals surface area (Å²) in [5.74, 6) is -0.200. The lowest BCUT2D eigenvalue weighted by atomic mass is 9.79. The fourth-order valence-electron chi connectivity index (χ4n) is 3.32. The van der Waals surface area contributed by atoms with E-state index in [2.05, 4.69) is 19.2 Å². The molecule has 2 amide bonds. The number of benzene rings is 1. The largest absolute Gasteiger partial charge is 0.340 e. The SMILES string of the molecule is Cc1ccccc1C(=O)NC(C(=O)N1CCC(N)C(C)(C)C1)C(C)C. The fraction of sp³-hybridized carbons (Fsp3) is 0.600. The molecule has 5 nitrogen and oxygen atoms in total. The van der Waals surface area contributed by atoms with Crippen LogP contribution in [0.5, 0.6) is 0 Å². The van der Waals surface area contributed by atoms with E-state index in [-0.39, 0.29) is 29.2 Å². The number of carbonyl (C=O) groups excluding carboxylic acids is 2. The number of hydrogen-bond donors (Lipinski definition) is 2. The number of piperidine rings is 1. The van der Waals surface area contributed by atoms with Gasteiger partial charge in [-0.1, -0.05) is 45.9 Å². The van der Waals surface area contributed by atoms with Crippen molar-refractivity contribution in [3.8, 4) is 0 Å². The molecular formula is C20H31N3O2. The van der Waals surface area contributed by atoms with Crippen LogP contribution in [0.2, 0.25) is 0 Å². The number of nitrogens with zero attached hydrogens (tertiary/aromatic N) is 1. The van der Waals surface area contributed by atoms with Crippen molar-refractivity contribution in [3.63, 3.8) is 0 Å². The number of likely N-dealkylation sites (tertiary alicyclic amines) is 1. The van der Waals surface area contributed by atoms with Crippen LogP contribution in [0.15, 0.2) is 24.3 Å². The van der Waals surface area contributed by atoms with E-state index in [1.807, 2.05) is 43.9 Å². The third kappa shape index (κ3) is 4.40. The molecule has 0 aliphatic carbocycles. The normalized spacial score (nSPS) is 21.1. The molecule has 0 saturated carbocycles. The Kier molecular flexibility index (Phi) is 5.88. The fourth-order valence-corrected chi connectivity index (χ4v) is 3.32. The zero-order valence-electron chi connectivity index (χ0n) is 16.0. The average molecular weight is 345 g/mol. The molecule has 25 heavy (non-hydrogen) atoms. The van der Waals surface area contributed by atoms with Crippen molar-refractivity contribution in [1.29, 1.82) is 0 Å². The van der Waals surface area contributed by atoms with Crippen molar-refractivity contribution in [1.82, 2.24) is 10.2 Å². The molecule has 1 aromatic carbocycles. The maximum Gasteiger partial charge on any atom is 0.252 e. The summed E-state index contributed by atoms with van der Waals surface area (Å²) >= 11 is 0. The van der Waals surface area contributed by atoms with Crippen molar-refractivity contribution in [2.24, 2.45) is 17.1 Å². The first-order chi connectivity index (χ1) is 11.6. The van der Waals surface area contributed by atoms with Crippen LogP contribution in [-0.2, 0) is 4.79 Å². The van der Waals surface area contributed by atoms with Crippen molar-refractivity contribution in [3.05, 3.63) is 35.4 Å². The lowest BCUT2D eigenvalue weighted by Gasteiger charge is -2.44. The Labute approximate surface area is 151 Å². The zero-order valence-corrected chi connectivity index (χ0v) is 16.0. The zero-order chi connectivity index (χ0) is 18.8. The highest BCUT2D eigenvalue weighted by Gasteiger charge is 2.38. The summed E-state index contributed by atoms with van der Waals surface area (Å²) in [4.78, 5) is 27.6. The molecule has 0 aromatic heterocycles. The molecule has 1 saturated heterocycles. The minimum absolute atomic E-state index is 0.0131. The highest BCUT2D eigenvalue weighted by molar-refractivity contribution is 5.98. The van der Waals surface area contributed by atoms with Crippen molar-refractivity contribution < 1.29 is 9.59 Å². The average Bonchev–Trinajstić information content (AvgIpc) is 2.54. The summed E-state index contributed by atoms with van der Waals surface area (Å²) < 4.78 is 0. The van der Waals surface area contributed by atoms with Gasteiger partial charge in [0.1, 0.15) is 6.04 Å². The summed E-state index contributed by atoms with van der Waals surface area (Å²) in [6.07, 6.45) is 0.787. The number of carbonyl (C=O) groups is 2. The monoisotopic (exact) mass is 345 g/mol. The molecule has 0 radical (unpaired) electrons. The molecule has 1 heterocycles. The van der Waals surface area contributed by atoms with Gasteiger partial charge in [-0.2, -0.15) is 0 Å². The summed E-state index contributed by atoms with van der Waals surface area (Å²) in [5.41, 5.74) is 7.58. The molecule has 1 fully saturated rings. The van der Waals surface area contributed by atoms with Gasteiger partial charge in [0.25, 0.3) is 5.91 Å². The third-order valence-corrected chi connectivity index (χ3v) is 5.23. The Morgan fingerprint density at radius 2 is 1.92 bits per heavy atom. The van der Waals surface area contributed by atoms with Gasteiger partial charge >= 0.3 is 0 Å². The van der Waals surface area contributed by atoms with E-state index < -0.39 is 6.04 Å². The van der Waals surface area contributed by atoms with Gasteiger partial charge in [-0.25, -0.2) is 0 Å². The second-order valence-electron chi connectivity index (χ2n) is 8.15. The second kappa shape index (κ2) is 7.56. The number of aryl methyl sites for hydroxylation is 1. The Morgan fingerprint density at radius 3 is 2.48 bits per heavy atom. The molecule has 1 aromatic rings. The molecule has 1 aliphatic rings. The molecule has 1 aliphatic heterocycles. The Hall–Kier alpha value is -1.88. The summed E-state index contributed by atoms with van der Waals surface area (Å²) in [6.45, 7) is 11.3. The first kappa shape index (κ1) is 19.4. The van der Waals surface area contributed by atoms with Crippen LogP contribution in [0.4, 0.5) is 0 Å². The Morgan fingerprint density at radius 1 is 1.28 bits per heavy atom. The predicted octanol–water partition coefficient (Wildman–Crippen LogP) is 2.34. The number of nitrogens with two attached hydrogens (primary N) is 1. The standard InChI is InChI=1S/C20H31N3O2/c1-13(2)17(22-18(24)15-9-7-6-8-14(15)3)19(25)23-11-10-16(21)20(4,5)12-23/h6-9,13,16-17H,10-12,21H2,1-5H3,(H,22,24). The predicted molar refractivity (Wildman–Crippen MR) is 100 cm³/mol. The molecule has 2 rings (SSSR count). The van der Waals surface area contributed by atoms with E-state index in [0.29, 0.717) is 18.7 Å². The third-order valence-electron chi connectivity index (χ3n) is 5.23. The molecular weight excluding hydrogens is 314 g/mol. The maximum atomic E-state index is 13.1. The van der Waals surface area contributed by atoms with Crippen LogP contribution in [0.3, 0.4) is 0 Å². The quantitative estimate of drug-likeness (QED) is 0.879. The van der Waals surface area contributed by atoms with Crippen LogP contribution >= 0.6 is 0 Å². The molecule has 2 unspecified atom stereocenters. The smallest absolute Gasteiger partial charge is 0.252 e. The Bertz CT molecular complexity index is 640. The van der Waals surface area contributed by atoms with E-state index in [4.69, 9.17) is 5.73 Å². The second-order valence-corrected chi connectivity index (χ2v) is 8.15. The topological polar surface area (TPSA) is 75.4 Å². The van der Waals surface area contributed by atoms with E-state index >= 15 is 0 Å². The van der Waals surface area contributed by atoms with Gasteiger partial charge in [0, 0.05) is 24.7 Å². The summed E-state index contributed by atoms with van der Waals surface area (Å²) in [7, 11) is 0. The van der Waals surface area contributed by atoms with Crippen molar-refractivity contribution in [2.45, 2.75) is 53.1 Å². The minimum atomic E-state index is -0.530. The molecule has 0 spiro atoms. The molecule has 138 valence electrons. The number of rotatable bonds is 4. The van der Waals surface area contributed by atoms with Crippen LogP contribution in [-0.4, -0.2) is 41.9 Å². The summed E-state index contributed by atoms with van der Waals surface area (Å²) in [5, 5.41) is 2.95. The minimum Gasteiger partial charge on any atom is -0.340 e. The van der Waals surface area contributed by atoms with Crippen molar-refractivity contribution >= 4 is 11.8 Å². The van der Waals surface area contributed by atoms with Gasteiger partial charge in [-0.15, -0.1) is 0 Å². The van der Waals surface area contributed by atoms with Crippen LogP contribution in [0.1, 0.15) is 50.0 Å². The number of amides is 2. The summed E-state index contributed by atoms with van der Waals surface area (Å²) in [6, 6.07) is 6.98. The van der Waals surface area contributed by atoms with Gasteiger partial charge in [-0.05, 0) is 36.3 Å². The first-order valence-corrected chi connectivity index (χ1v) is 9.04. The van der Waals surface area contributed by atoms with E-state index in [1.165, 1.54) is 0 Å². The van der Waals surface area contributed by atoms with E-state index in [9.17, 15) is 9.59 Å². The van der Waals surface area contributed by atoms with Crippen LogP contribution in [0.25, 0.3) is 0 Å². The highest BCUT2D eigenvalue weighted by atomic mass is 16.2. The molecule has 3 N–H and O–H groups in total. The lowest BCUT2D eigenvalue weighted by Crippen LogP contribution is -2.59. The van der Waals surface area contributed by atoms with Gasteiger partial charge in [-0.3, -0.25) is 9.59 Å². The molecule has 5 heteroatoms. The highest BCUT2D eigenvalue weighted by Crippen LogP contribution is 2.28. The van der Waals surface area contributed by atoms with E-state index in [1.54, 1.807) is 6.07 Å². The van der Waals surface area contributed by atoms with Crippen LogP contribution in [0, 0.1) is 18.3 Å². The van der Waals surface area contributed by atoms with Gasteiger partial charge < -0.3 is 16.0 Å². The lowest BCUT2D eigenvalue weighted by molar-refractivity contribution is -0.137. The van der Waals surface area contributed by atoms with Gasteiger partial charge in [0.05, 0.1) is 0 Å². The van der Waals surface area contributed by atoms with E-state index in [0.717, 1.165) is 12.0 Å². The molecule has 2 atom stereocenters. The van der Waals surface area contributed by atoms with Gasteiger partial charge in [0.15, 0.2) is 0 Å². The molecule has 0 bridgehead atoms. The number of hydrogen-bond acceptors (Lipinski definition) is 3. The van der Waals surface area contributed by atoms with Gasteiger partial charge in [0.2, 0.25) is 5.91 Å². The van der Waals surface area contributed by atoms with Crippen molar-refractivity contribution in [2.75, 3.05) is 13.1 Å². The maximum absolute atomic E-state index is 13.1. The first-order valence-electron chi connectivity index (χ1n) is 9.04. The Balaban J connectivity index is 2.14. The number of nitrogens with one attached hydrogen (secondary N) is 1.